The second-order valence-electron chi connectivity index (χ2n) is 6.22. The van der Waals surface area contributed by atoms with Crippen LogP contribution in [0.4, 0.5) is 18.9 Å². The van der Waals surface area contributed by atoms with Gasteiger partial charge in [-0.2, -0.15) is 5.26 Å². The molecule has 1 heterocycles. The molecule has 0 aliphatic heterocycles. The number of halogens is 3. The molecule has 0 bridgehead atoms. The summed E-state index contributed by atoms with van der Waals surface area (Å²) in [4.78, 5) is 16.7. The van der Waals surface area contributed by atoms with Crippen LogP contribution >= 0.6 is 11.8 Å². The average Bonchev–Trinajstić information content (AvgIpc) is 3.09. The number of aromatic nitrogens is 1. The maximum atomic E-state index is 12.2. The number of carbonyl (C=O) groups is 1. The minimum Gasteiger partial charge on any atom is -0.406 e. The first-order valence-corrected chi connectivity index (χ1v) is 9.46. The van der Waals surface area contributed by atoms with Gasteiger partial charge in [0.05, 0.1) is 11.3 Å². The van der Waals surface area contributed by atoms with Crippen LogP contribution in [-0.2, 0) is 17.6 Å². The molecular weight excluding hydrogens is 391 g/mol. The third-order valence-electron chi connectivity index (χ3n) is 4.29. The molecule has 5 nitrogen and oxygen atoms in total. The van der Waals surface area contributed by atoms with Crippen molar-refractivity contribution in [3.8, 4) is 11.8 Å². The fourth-order valence-corrected chi connectivity index (χ4v) is 3.91. The lowest BCUT2D eigenvalue weighted by Crippen LogP contribution is -2.17. The topological polar surface area (TPSA) is 75.0 Å². The highest BCUT2D eigenvalue weighted by atomic mass is 32.2. The molecular formula is C19H16F3N3O2S. The molecule has 0 saturated heterocycles. The number of hydrogen-bond donors (Lipinski definition) is 1. The molecule has 28 heavy (non-hydrogen) atoms. The summed E-state index contributed by atoms with van der Waals surface area (Å²) in [6, 6.07) is 7.06. The molecule has 1 aromatic heterocycles. The minimum atomic E-state index is -4.76. The number of anilines is 1. The quantitative estimate of drug-likeness (QED) is 0.745. The van der Waals surface area contributed by atoms with Crippen LogP contribution in [0.2, 0.25) is 0 Å². The van der Waals surface area contributed by atoms with E-state index in [4.69, 9.17) is 0 Å². The number of nitriles is 1. The summed E-state index contributed by atoms with van der Waals surface area (Å²) in [6.07, 6.45) is -1.96. The lowest BCUT2D eigenvalue weighted by molar-refractivity contribution is -0.274. The number of ether oxygens (including phenoxy) is 1. The van der Waals surface area contributed by atoms with E-state index in [-0.39, 0.29) is 17.4 Å². The number of nitrogens with one attached hydrogen (secondary N) is 1. The van der Waals surface area contributed by atoms with E-state index in [1.807, 2.05) is 6.92 Å². The Labute approximate surface area is 163 Å². The molecule has 0 radical (unpaired) electrons. The van der Waals surface area contributed by atoms with E-state index in [2.05, 4.69) is 21.1 Å². The van der Waals surface area contributed by atoms with Gasteiger partial charge in [0, 0.05) is 11.4 Å². The predicted octanol–water partition coefficient (Wildman–Crippen LogP) is 4.38. The van der Waals surface area contributed by atoms with Crippen molar-refractivity contribution in [3.05, 3.63) is 46.6 Å². The fourth-order valence-electron chi connectivity index (χ4n) is 3.05. The SMILES string of the molecule is Cc1c(C#N)c(SCC(=O)Nc2ccc(OC(F)(F)F)cc2)nc2c1CCC2. The van der Waals surface area contributed by atoms with Gasteiger partial charge < -0.3 is 10.1 Å². The maximum absolute atomic E-state index is 12.2. The van der Waals surface area contributed by atoms with Crippen LogP contribution < -0.4 is 10.1 Å². The van der Waals surface area contributed by atoms with E-state index in [1.54, 1.807) is 0 Å². The summed E-state index contributed by atoms with van der Waals surface area (Å²) >= 11 is 1.17. The molecule has 1 N–H and O–H groups in total. The van der Waals surface area contributed by atoms with Crippen molar-refractivity contribution in [1.82, 2.24) is 4.98 Å². The monoisotopic (exact) mass is 407 g/mol. The Bertz CT molecular complexity index is 937. The van der Waals surface area contributed by atoms with Crippen LogP contribution in [0, 0.1) is 18.3 Å². The molecule has 0 unspecified atom stereocenters. The van der Waals surface area contributed by atoms with Crippen molar-refractivity contribution in [2.45, 2.75) is 37.6 Å². The third-order valence-corrected chi connectivity index (χ3v) is 5.27. The Balaban J connectivity index is 1.62. The van der Waals surface area contributed by atoms with Gasteiger partial charge in [-0.1, -0.05) is 11.8 Å². The van der Waals surface area contributed by atoms with Gasteiger partial charge in [0.15, 0.2) is 0 Å². The highest BCUT2D eigenvalue weighted by molar-refractivity contribution is 8.00. The molecule has 0 spiro atoms. The molecule has 1 aliphatic carbocycles. The summed E-state index contributed by atoms with van der Waals surface area (Å²) < 4.78 is 40.3. The number of alkyl halides is 3. The van der Waals surface area contributed by atoms with Crippen LogP contribution in [0.15, 0.2) is 29.3 Å². The second-order valence-corrected chi connectivity index (χ2v) is 7.18. The molecule has 1 aromatic carbocycles. The zero-order valence-corrected chi connectivity index (χ0v) is 15.7. The van der Waals surface area contributed by atoms with Crippen LogP contribution in [0.25, 0.3) is 0 Å². The zero-order chi connectivity index (χ0) is 20.3. The molecule has 1 aliphatic rings. The summed E-state index contributed by atoms with van der Waals surface area (Å²) in [5.74, 6) is -0.685. The third kappa shape index (κ3) is 4.75. The maximum Gasteiger partial charge on any atom is 0.573 e. The van der Waals surface area contributed by atoms with Gasteiger partial charge >= 0.3 is 6.36 Å². The van der Waals surface area contributed by atoms with Crippen molar-refractivity contribution < 1.29 is 22.7 Å². The number of fused-ring (bicyclic) bond motifs is 1. The number of rotatable bonds is 5. The van der Waals surface area contributed by atoms with Gasteiger partial charge in [-0.3, -0.25) is 4.79 Å². The Hall–Kier alpha value is -2.73. The van der Waals surface area contributed by atoms with Crippen molar-refractivity contribution in [3.63, 3.8) is 0 Å². The number of hydrogen-bond acceptors (Lipinski definition) is 5. The Kier molecular flexibility index (Phi) is 5.79. The molecule has 1 amide bonds. The van der Waals surface area contributed by atoms with Crippen molar-refractivity contribution in [2.75, 3.05) is 11.1 Å². The first kappa shape index (κ1) is 20.0. The number of thioether (sulfide) groups is 1. The van der Waals surface area contributed by atoms with E-state index in [9.17, 15) is 23.2 Å². The number of nitrogens with zero attached hydrogens (tertiary/aromatic N) is 2. The highest BCUT2D eigenvalue weighted by Gasteiger charge is 2.31. The largest absolute Gasteiger partial charge is 0.573 e. The van der Waals surface area contributed by atoms with Crippen molar-refractivity contribution >= 4 is 23.4 Å². The van der Waals surface area contributed by atoms with Crippen LogP contribution in [0.1, 0.15) is 28.8 Å². The summed E-state index contributed by atoms with van der Waals surface area (Å²) in [6.45, 7) is 1.90. The lowest BCUT2D eigenvalue weighted by Gasteiger charge is -2.11. The molecule has 2 aromatic rings. The molecule has 9 heteroatoms. The lowest BCUT2D eigenvalue weighted by atomic mass is 10.0. The van der Waals surface area contributed by atoms with Crippen LogP contribution in [0.3, 0.4) is 0 Å². The first-order chi connectivity index (χ1) is 13.3. The summed E-state index contributed by atoms with van der Waals surface area (Å²) in [5, 5.41) is 12.6. The minimum absolute atomic E-state index is 0.0285. The predicted molar refractivity (Wildman–Crippen MR) is 98.2 cm³/mol. The summed E-state index contributed by atoms with van der Waals surface area (Å²) in [5.41, 5.74) is 3.88. The van der Waals surface area contributed by atoms with E-state index < -0.39 is 6.36 Å². The highest BCUT2D eigenvalue weighted by Crippen LogP contribution is 2.31. The Morgan fingerprint density at radius 2 is 2.04 bits per heavy atom. The van der Waals surface area contributed by atoms with Crippen LogP contribution in [0.5, 0.6) is 5.75 Å². The number of amides is 1. The number of pyridine rings is 1. The molecule has 0 atom stereocenters. The van der Waals surface area contributed by atoms with Gasteiger partial charge in [-0.05, 0) is 61.6 Å². The first-order valence-electron chi connectivity index (χ1n) is 8.47. The van der Waals surface area contributed by atoms with Gasteiger partial charge in [0.25, 0.3) is 0 Å². The fraction of sp³-hybridized carbons (Fsp3) is 0.316. The molecule has 146 valence electrons. The standard InChI is InChI=1S/C19H16F3N3O2S/c1-11-14-3-2-4-16(14)25-18(15(11)9-23)28-10-17(26)24-12-5-7-13(8-6-12)27-19(20,21)22/h5-8H,2-4,10H2,1H3,(H,24,26). The van der Waals surface area contributed by atoms with Crippen molar-refractivity contribution in [2.24, 2.45) is 0 Å². The molecule has 0 saturated carbocycles. The van der Waals surface area contributed by atoms with E-state index in [1.165, 1.54) is 23.9 Å². The summed E-state index contributed by atoms with van der Waals surface area (Å²) in [7, 11) is 0. The number of carbonyl (C=O) groups excluding carboxylic acids is 1. The smallest absolute Gasteiger partial charge is 0.406 e. The van der Waals surface area contributed by atoms with Gasteiger partial charge in [0.1, 0.15) is 16.8 Å². The van der Waals surface area contributed by atoms with E-state index in [0.29, 0.717) is 16.3 Å². The zero-order valence-electron chi connectivity index (χ0n) is 14.9. The van der Waals surface area contributed by atoms with E-state index >= 15 is 0 Å². The number of benzene rings is 1. The Morgan fingerprint density at radius 3 is 2.68 bits per heavy atom. The second kappa shape index (κ2) is 8.10. The van der Waals surface area contributed by atoms with Gasteiger partial charge in [0.2, 0.25) is 5.91 Å². The Morgan fingerprint density at radius 1 is 1.32 bits per heavy atom. The van der Waals surface area contributed by atoms with Gasteiger partial charge in [-0.15, -0.1) is 13.2 Å². The molecule has 0 fully saturated rings. The van der Waals surface area contributed by atoms with E-state index in [0.717, 1.165) is 48.2 Å². The molecule has 3 rings (SSSR count). The normalized spacial score (nSPS) is 13.0. The average molecular weight is 407 g/mol. The van der Waals surface area contributed by atoms with Crippen LogP contribution in [-0.4, -0.2) is 23.0 Å². The van der Waals surface area contributed by atoms with Gasteiger partial charge in [-0.25, -0.2) is 4.98 Å². The van der Waals surface area contributed by atoms with Crippen molar-refractivity contribution in [1.29, 1.82) is 5.26 Å². The number of aryl methyl sites for hydroxylation is 1.